The molecule has 11 heteroatoms. The molecule has 0 bridgehead atoms. The zero-order valence-corrected chi connectivity index (χ0v) is 21.4. The number of aromatic hydroxyl groups is 1. The van der Waals surface area contributed by atoms with Crippen LogP contribution in [0.25, 0.3) is 0 Å². The highest BCUT2D eigenvalue weighted by molar-refractivity contribution is 6.05. The Hall–Kier alpha value is -4.41. The number of carbonyl (C=O) groups excluding carboxylic acids is 5. The van der Waals surface area contributed by atoms with E-state index in [0.717, 1.165) is 5.56 Å². The fraction of sp³-hybridized carbons (Fsp3) is 0.370. The molecule has 4 N–H and O–H groups in total. The van der Waals surface area contributed by atoms with E-state index in [-0.39, 0.29) is 43.5 Å². The van der Waals surface area contributed by atoms with Crippen molar-refractivity contribution in [2.24, 2.45) is 0 Å². The van der Waals surface area contributed by atoms with Crippen LogP contribution in [0.15, 0.2) is 42.5 Å². The van der Waals surface area contributed by atoms with Crippen LogP contribution in [0.2, 0.25) is 0 Å². The van der Waals surface area contributed by atoms with Gasteiger partial charge in [-0.15, -0.1) is 0 Å². The first kappa shape index (κ1) is 26.6. The van der Waals surface area contributed by atoms with Crippen molar-refractivity contribution in [1.82, 2.24) is 20.9 Å². The lowest BCUT2D eigenvalue weighted by Gasteiger charge is -2.29. The molecule has 1 fully saturated rings. The Morgan fingerprint density at radius 1 is 1.13 bits per heavy atom. The van der Waals surface area contributed by atoms with E-state index >= 15 is 0 Å². The zero-order chi connectivity index (χ0) is 27.6. The van der Waals surface area contributed by atoms with Gasteiger partial charge in [0.05, 0.1) is 0 Å². The van der Waals surface area contributed by atoms with Gasteiger partial charge < -0.3 is 25.4 Å². The maximum Gasteiger partial charge on any atom is 0.408 e. The number of imide groups is 1. The number of benzene rings is 2. The topological polar surface area (TPSA) is 154 Å². The summed E-state index contributed by atoms with van der Waals surface area (Å²) in [7, 11) is 0. The van der Waals surface area contributed by atoms with E-state index in [0.29, 0.717) is 16.7 Å². The third-order valence-electron chi connectivity index (χ3n) is 6.20. The van der Waals surface area contributed by atoms with Crippen molar-refractivity contribution >= 4 is 29.7 Å². The molecule has 11 nitrogen and oxygen atoms in total. The summed E-state index contributed by atoms with van der Waals surface area (Å²) < 4.78 is 5.30. The van der Waals surface area contributed by atoms with Crippen molar-refractivity contribution < 1.29 is 33.8 Å². The fourth-order valence-corrected chi connectivity index (χ4v) is 4.42. The van der Waals surface area contributed by atoms with Crippen LogP contribution in [0, 0.1) is 0 Å². The average molecular weight is 523 g/mol. The third-order valence-corrected chi connectivity index (χ3v) is 6.20. The molecule has 1 saturated heterocycles. The Labute approximate surface area is 219 Å². The first-order chi connectivity index (χ1) is 17.9. The minimum Gasteiger partial charge on any atom is -0.508 e. The summed E-state index contributed by atoms with van der Waals surface area (Å²) in [6.07, 6.45) is -0.320. The van der Waals surface area contributed by atoms with Crippen molar-refractivity contribution in [2.75, 3.05) is 0 Å². The van der Waals surface area contributed by atoms with Crippen LogP contribution in [-0.2, 0) is 32.2 Å². The first-order valence-electron chi connectivity index (χ1n) is 12.2. The standard InChI is InChI=1S/C27H30N4O7/c1-27(2,3)38-26(37)30-22(16-5-7-18(32)8-6-16)24(35)28-13-15-4-9-19-17(12-15)14-31(25(19)36)20-10-11-21(33)29-23(20)34/h4-9,12,20,22,32H,10-11,13-14H2,1-3H3,(H,28,35)(H,30,37)(H,29,33,34)/t20?,22-/m0/s1. The number of fused-ring (bicyclic) bond motifs is 1. The lowest BCUT2D eigenvalue weighted by molar-refractivity contribution is -0.137. The Kier molecular flexibility index (Phi) is 7.38. The molecule has 4 rings (SSSR count). The van der Waals surface area contributed by atoms with Gasteiger partial charge in [0.2, 0.25) is 17.7 Å². The monoisotopic (exact) mass is 522 g/mol. The number of carbonyl (C=O) groups is 5. The highest BCUT2D eigenvalue weighted by atomic mass is 16.6. The van der Waals surface area contributed by atoms with E-state index in [1.165, 1.54) is 29.2 Å². The highest BCUT2D eigenvalue weighted by Crippen LogP contribution is 2.28. The summed E-state index contributed by atoms with van der Waals surface area (Å²) in [6.45, 7) is 5.47. The van der Waals surface area contributed by atoms with E-state index in [9.17, 15) is 29.1 Å². The average Bonchev–Trinajstić information content (AvgIpc) is 3.16. The molecule has 2 heterocycles. The van der Waals surface area contributed by atoms with Crippen molar-refractivity contribution in [3.05, 3.63) is 64.7 Å². The van der Waals surface area contributed by atoms with Gasteiger partial charge in [0.1, 0.15) is 23.4 Å². The number of hydrogen-bond donors (Lipinski definition) is 4. The van der Waals surface area contributed by atoms with Crippen LogP contribution in [0.3, 0.4) is 0 Å². The van der Waals surface area contributed by atoms with Gasteiger partial charge in [0.25, 0.3) is 5.91 Å². The van der Waals surface area contributed by atoms with Gasteiger partial charge in [0, 0.05) is 25.1 Å². The number of phenols is 1. The second-order valence-electron chi connectivity index (χ2n) is 10.3. The van der Waals surface area contributed by atoms with Gasteiger partial charge in [0.15, 0.2) is 0 Å². The summed E-state index contributed by atoms with van der Waals surface area (Å²) >= 11 is 0. The zero-order valence-electron chi connectivity index (χ0n) is 21.4. The molecule has 0 aromatic heterocycles. The van der Waals surface area contributed by atoms with Crippen molar-refractivity contribution in [2.45, 2.75) is 64.4 Å². The lowest BCUT2D eigenvalue weighted by Crippen LogP contribution is -2.52. The van der Waals surface area contributed by atoms with Gasteiger partial charge in [-0.3, -0.25) is 24.5 Å². The number of phenolic OH excluding ortho intramolecular Hbond substituents is 1. The molecular formula is C27H30N4O7. The third kappa shape index (κ3) is 6.10. The van der Waals surface area contributed by atoms with Crippen molar-refractivity contribution in [3.63, 3.8) is 0 Å². The van der Waals surface area contributed by atoms with Gasteiger partial charge >= 0.3 is 6.09 Å². The normalized spacial score (nSPS) is 17.9. The SMILES string of the molecule is CC(C)(C)OC(=O)N[C@H](C(=O)NCc1ccc2c(c1)CN(C1CCC(=O)NC1=O)C2=O)c1ccc(O)cc1. The molecule has 38 heavy (non-hydrogen) atoms. The maximum atomic E-state index is 13.1. The van der Waals surface area contributed by atoms with Gasteiger partial charge in [-0.2, -0.15) is 0 Å². The lowest BCUT2D eigenvalue weighted by atomic mass is 10.0. The van der Waals surface area contributed by atoms with Crippen LogP contribution in [0.5, 0.6) is 5.75 Å². The highest BCUT2D eigenvalue weighted by Gasteiger charge is 2.39. The summed E-state index contributed by atoms with van der Waals surface area (Å²) in [5.41, 5.74) is 1.60. The van der Waals surface area contributed by atoms with Crippen molar-refractivity contribution in [1.29, 1.82) is 0 Å². The minimum absolute atomic E-state index is 0.0178. The number of nitrogens with one attached hydrogen (secondary N) is 3. The Morgan fingerprint density at radius 2 is 1.84 bits per heavy atom. The second-order valence-corrected chi connectivity index (χ2v) is 10.3. The Bertz CT molecular complexity index is 1280. The Balaban J connectivity index is 1.44. The maximum absolute atomic E-state index is 13.1. The molecule has 2 aromatic carbocycles. The Morgan fingerprint density at radius 3 is 2.50 bits per heavy atom. The fourth-order valence-electron chi connectivity index (χ4n) is 4.42. The molecule has 2 aromatic rings. The summed E-state index contributed by atoms with van der Waals surface area (Å²) in [4.78, 5) is 63.6. The van der Waals surface area contributed by atoms with Gasteiger partial charge in [-0.05, 0) is 62.1 Å². The van der Waals surface area contributed by atoms with E-state index in [1.54, 1.807) is 39.0 Å². The molecular weight excluding hydrogens is 492 g/mol. The molecule has 2 aliphatic rings. The molecule has 0 spiro atoms. The molecule has 5 amide bonds. The van der Waals surface area contributed by atoms with Crippen LogP contribution in [0.4, 0.5) is 4.79 Å². The van der Waals surface area contributed by atoms with Gasteiger partial charge in [-0.1, -0.05) is 24.3 Å². The summed E-state index contributed by atoms with van der Waals surface area (Å²) in [6, 6.07) is 9.25. The molecule has 1 unspecified atom stereocenters. The van der Waals surface area contributed by atoms with Crippen LogP contribution < -0.4 is 16.0 Å². The molecule has 0 radical (unpaired) electrons. The molecule has 2 aliphatic heterocycles. The van der Waals surface area contributed by atoms with Gasteiger partial charge in [-0.25, -0.2) is 4.79 Å². The quantitative estimate of drug-likeness (QED) is 0.423. The predicted octanol–water partition coefficient (Wildman–Crippen LogP) is 2.04. The summed E-state index contributed by atoms with van der Waals surface area (Å²) in [5.74, 6) is -1.58. The summed E-state index contributed by atoms with van der Waals surface area (Å²) in [5, 5.41) is 17.3. The molecule has 0 saturated carbocycles. The van der Waals surface area contributed by atoms with E-state index < -0.39 is 35.6 Å². The van der Waals surface area contributed by atoms with Crippen LogP contribution in [-0.4, -0.2) is 51.4 Å². The number of nitrogens with zero attached hydrogens (tertiary/aromatic N) is 1. The van der Waals surface area contributed by atoms with Crippen LogP contribution in [0.1, 0.15) is 66.7 Å². The van der Waals surface area contributed by atoms with E-state index in [1.807, 2.05) is 0 Å². The number of piperidine rings is 1. The molecule has 2 atom stereocenters. The number of hydrogen-bond acceptors (Lipinski definition) is 7. The van der Waals surface area contributed by atoms with E-state index in [2.05, 4.69) is 16.0 Å². The molecule has 200 valence electrons. The minimum atomic E-state index is -1.08. The largest absolute Gasteiger partial charge is 0.508 e. The first-order valence-corrected chi connectivity index (χ1v) is 12.2. The van der Waals surface area contributed by atoms with Crippen molar-refractivity contribution in [3.8, 4) is 5.75 Å². The molecule has 0 aliphatic carbocycles. The van der Waals surface area contributed by atoms with E-state index in [4.69, 9.17) is 4.74 Å². The number of ether oxygens (including phenoxy) is 1. The smallest absolute Gasteiger partial charge is 0.408 e. The number of rotatable bonds is 6. The number of amides is 5. The second kappa shape index (κ2) is 10.5. The van der Waals surface area contributed by atoms with Crippen LogP contribution >= 0.6 is 0 Å². The predicted molar refractivity (Wildman–Crippen MR) is 135 cm³/mol. The number of alkyl carbamates (subject to hydrolysis) is 1.